The summed E-state index contributed by atoms with van der Waals surface area (Å²) >= 11 is -3.74. The van der Waals surface area contributed by atoms with Crippen LogP contribution in [0.4, 0.5) is 17.1 Å². The van der Waals surface area contributed by atoms with Crippen molar-refractivity contribution in [2.45, 2.75) is 0 Å². The zero-order chi connectivity index (χ0) is 34.7. The van der Waals surface area contributed by atoms with Gasteiger partial charge in [0.25, 0.3) is 0 Å². The number of anilines is 3. The number of benzene rings is 8. The zero-order valence-electron chi connectivity index (χ0n) is 28.5. The molecule has 3 aliphatic rings. The summed E-state index contributed by atoms with van der Waals surface area (Å²) in [6.07, 6.45) is 0. The molecule has 0 radical (unpaired) electrons. The Hall–Kier alpha value is -6.50. The Morgan fingerprint density at radius 2 is 0.943 bits per heavy atom. The SMILES string of the molecule is c1ccc(N2c3cccc4[c]3[Ge]3([c]5ccccc5)[c]5c(cc(-c6ccc7c8ccccc8n(-c8ccccc8)c7c6)cc5Oc5cccc2[c]53)O4)cc1. The summed E-state index contributed by atoms with van der Waals surface area (Å²) in [4.78, 5) is 2.40. The number of fused-ring (bicyclic) bond motifs is 3. The van der Waals surface area contributed by atoms with Crippen LogP contribution in [0.1, 0.15) is 0 Å². The Balaban J connectivity index is 1.14. The van der Waals surface area contributed by atoms with Gasteiger partial charge in [-0.3, -0.25) is 0 Å². The average molecular weight is 739 g/mol. The molecule has 8 aromatic carbocycles. The Labute approximate surface area is 309 Å². The van der Waals surface area contributed by atoms with E-state index in [0.29, 0.717) is 0 Å². The fourth-order valence-electron chi connectivity index (χ4n) is 9.35. The van der Waals surface area contributed by atoms with E-state index < -0.39 is 13.3 Å². The van der Waals surface area contributed by atoms with E-state index in [-0.39, 0.29) is 0 Å². The van der Waals surface area contributed by atoms with Gasteiger partial charge in [0.1, 0.15) is 0 Å². The van der Waals surface area contributed by atoms with E-state index in [4.69, 9.17) is 9.47 Å². The summed E-state index contributed by atoms with van der Waals surface area (Å²) in [5.41, 5.74) is 9.17. The molecule has 0 N–H and O–H groups in total. The van der Waals surface area contributed by atoms with Gasteiger partial charge < -0.3 is 0 Å². The second-order valence-electron chi connectivity index (χ2n) is 14.1. The van der Waals surface area contributed by atoms with Crippen LogP contribution >= 0.6 is 0 Å². The first kappa shape index (κ1) is 29.1. The molecule has 0 aliphatic carbocycles. The van der Waals surface area contributed by atoms with Gasteiger partial charge in [0, 0.05) is 0 Å². The topological polar surface area (TPSA) is 26.6 Å². The van der Waals surface area contributed by atoms with Crippen molar-refractivity contribution >= 4 is 69.7 Å². The molecule has 248 valence electrons. The summed E-state index contributed by atoms with van der Waals surface area (Å²) in [5.74, 6) is 3.65. The minimum absolute atomic E-state index is 0.892. The van der Waals surface area contributed by atoms with Gasteiger partial charge in [-0.2, -0.15) is 0 Å². The molecule has 1 aromatic heterocycles. The first-order chi connectivity index (χ1) is 26.3. The van der Waals surface area contributed by atoms with E-state index in [2.05, 4.69) is 191 Å². The molecule has 0 unspecified atom stereocenters. The molecular formula is C48H30GeN2O2. The van der Waals surface area contributed by atoms with Gasteiger partial charge in [-0.15, -0.1) is 0 Å². The third-order valence-corrected chi connectivity index (χ3v) is 21.7. The van der Waals surface area contributed by atoms with E-state index in [9.17, 15) is 0 Å². The van der Waals surface area contributed by atoms with E-state index in [0.717, 1.165) is 45.5 Å². The third-order valence-electron chi connectivity index (χ3n) is 11.4. The van der Waals surface area contributed by atoms with Crippen molar-refractivity contribution in [2.24, 2.45) is 0 Å². The quantitative estimate of drug-likeness (QED) is 0.168. The molecule has 4 nitrogen and oxygen atoms in total. The van der Waals surface area contributed by atoms with Gasteiger partial charge in [0.15, 0.2) is 0 Å². The maximum atomic E-state index is 7.11. The van der Waals surface area contributed by atoms with Crippen LogP contribution in [-0.4, -0.2) is 17.8 Å². The van der Waals surface area contributed by atoms with Gasteiger partial charge in [0.2, 0.25) is 0 Å². The Bertz CT molecular complexity index is 2880. The molecule has 3 aliphatic heterocycles. The number of aromatic nitrogens is 1. The van der Waals surface area contributed by atoms with Gasteiger partial charge in [-0.1, -0.05) is 0 Å². The number of ether oxygens (including phenoxy) is 2. The van der Waals surface area contributed by atoms with Crippen LogP contribution < -0.4 is 32.0 Å². The summed E-state index contributed by atoms with van der Waals surface area (Å²) in [6.45, 7) is 0. The summed E-state index contributed by atoms with van der Waals surface area (Å²) in [7, 11) is 0. The predicted molar refractivity (Wildman–Crippen MR) is 218 cm³/mol. The predicted octanol–water partition coefficient (Wildman–Crippen LogP) is 9.82. The fraction of sp³-hybridized carbons (Fsp3) is 0. The molecule has 0 saturated heterocycles. The molecule has 0 saturated carbocycles. The first-order valence-electron chi connectivity index (χ1n) is 18.1. The van der Waals surface area contributed by atoms with Crippen molar-refractivity contribution in [3.8, 4) is 39.8 Å². The van der Waals surface area contributed by atoms with E-state index in [1.807, 2.05) is 0 Å². The molecule has 9 aromatic rings. The molecule has 0 amide bonds. The summed E-state index contributed by atoms with van der Waals surface area (Å²) in [5, 5.41) is 2.47. The molecule has 0 spiro atoms. The molecule has 0 atom stereocenters. The van der Waals surface area contributed by atoms with Crippen molar-refractivity contribution in [1.29, 1.82) is 0 Å². The maximum absolute atomic E-state index is 7.11. The van der Waals surface area contributed by atoms with E-state index in [1.54, 1.807) is 0 Å². The van der Waals surface area contributed by atoms with Gasteiger partial charge >= 0.3 is 310 Å². The van der Waals surface area contributed by atoms with E-state index >= 15 is 0 Å². The van der Waals surface area contributed by atoms with Crippen LogP contribution in [0.15, 0.2) is 182 Å². The summed E-state index contributed by atoms with van der Waals surface area (Å²) in [6, 6.07) is 65.7. The van der Waals surface area contributed by atoms with Crippen molar-refractivity contribution in [1.82, 2.24) is 4.57 Å². The van der Waals surface area contributed by atoms with E-state index in [1.165, 1.54) is 50.8 Å². The Morgan fingerprint density at radius 3 is 1.60 bits per heavy atom. The van der Waals surface area contributed by atoms with Crippen LogP contribution in [0.25, 0.3) is 38.6 Å². The molecule has 0 bridgehead atoms. The third kappa shape index (κ3) is 3.85. The summed E-state index contributed by atoms with van der Waals surface area (Å²) < 4.78 is 21.8. The number of hydrogen-bond donors (Lipinski definition) is 0. The normalized spacial score (nSPS) is 14.1. The van der Waals surface area contributed by atoms with Crippen molar-refractivity contribution in [3.63, 3.8) is 0 Å². The molecule has 12 rings (SSSR count). The Kier molecular flexibility index (Phi) is 5.91. The molecular weight excluding hydrogens is 709 g/mol. The second-order valence-corrected chi connectivity index (χ2v) is 21.6. The van der Waals surface area contributed by atoms with Crippen LogP contribution in [0, 0.1) is 0 Å². The molecule has 0 fully saturated rings. The van der Waals surface area contributed by atoms with Gasteiger partial charge in [-0.25, -0.2) is 0 Å². The number of para-hydroxylation sites is 3. The van der Waals surface area contributed by atoms with Crippen molar-refractivity contribution < 1.29 is 9.47 Å². The first-order valence-corrected chi connectivity index (χ1v) is 22.3. The van der Waals surface area contributed by atoms with Crippen LogP contribution in [-0.2, 0) is 0 Å². The number of nitrogens with zero attached hydrogens (tertiary/aromatic N) is 2. The molecule has 4 heterocycles. The van der Waals surface area contributed by atoms with Crippen molar-refractivity contribution in [2.75, 3.05) is 4.90 Å². The monoisotopic (exact) mass is 740 g/mol. The van der Waals surface area contributed by atoms with Crippen LogP contribution in [0.5, 0.6) is 23.0 Å². The van der Waals surface area contributed by atoms with Crippen LogP contribution in [0.3, 0.4) is 0 Å². The standard InChI is InChI=1S/C48H30GeN2O2/c1-4-14-33(15-5-1)49-46-39-22-12-24-42(46)52-44-29-32(30-45(48(44)49)53-43-25-13-23-40(47(43)49)51(39)35-18-8-3-9-19-35)31-26-27-37-36-20-10-11-21-38(36)50(41(37)28-31)34-16-6-2-7-17-34/h1-30H. The van der Waals surface area contributed by atoms with Crippen molar-refractivity contribution in [3.05, 3.63) is 182 Å². The van der Waals surface area contributed by atoms with Crippen LogP contribution in [0.2, 0.25) is 0 Å². The number of rotatable bonds is 4. The minimum atomic E-state index is -3.74. The molecule has 5 heteroatoms. The number of hydrogen-bond acceptors (Lipinski definition) is 3. The molecule has 53 heavy (non-hydrogen) atoms. The van der Waals surface area contributed by atoms with Gasteiger partial charge in [0.05, 0.1) is 0 Å². The Morgan fingerprint density at radius 1 is 0.377 bits per heavy atom. The zero-order valence-corrected chi connectivity index (χ0v) is 30.6. The second kappa shape index (κ2) is 10.8. The van der Waals surface area contributed by atoms with Gasteiger partial charge in [-0.05, 0) is 0 Å². The average Bonchev–Trinajstić information content (AvgIpc) is 3.55. The fourth-order valence-corrected chi connectivity index (χ4v) is 20.8.